The van der Waals surface area contributed by atoms with E-state index in [1.165, 1.54) is 48.5 Å². The third kappa shape index (κ3) is 7.00. The average molecular weight is 392 g/mol. The number of hydrogen-bond acceptors (Lipinski definition) is 6. The predicted octanol–water partition coefficient (Wildman–Crippen LogP) is 1.25. The summed E-state index contributed by atoms with van der Waals surface area (Å²) in [6.45, 7) is 0. The van der Waals surface area contributed by atoms with Gasteiger partial charge in [0, 0.05) is 6.42 Å². The Morgan fingerprint density at radius 2 is 1.39 bits per heavy atom. The Morgan fingerprint density at radius 1 is 0.929 bits per heavy atom. The highest BCUT2D eigenvalue weighted by Gasteiger charge is 2.22. The van der Waals surface area contributed by atoms with Gasteiger partial charge in [0.2, 0.25) is 0 Å². The van der Waals surface area contributed by atoms with E-state index in [1.807, 2.05) is 0 Å². The Bertz CT molecular complexity index is 832. The molecule has 0 aliphatic carbocycles. The van der Waals surface area contributed by atoms with Crippen LogP contribution in [0.25, 0.3) is 0 Å². The number of phenolic OH excluding ortho intramolecular Hbond substituents is 1. The molecule has 28 heavy (non-hydrogen) atoms. The third-order valence-corrected chi connectivity index (χ3v) is 3.32. The molecular formula is C17H16N2O9. The number of nitrogens with one attached hydrogen (secondary N) is 1. The first-order valence-corrected chi connectivity index (χ1v) is 7.58. The molecule has 2 aromatic carbocycles. The normalized spacial score (nSPS) is 10.7. The van der Waals surface area contributed by atoms with Crippen LogP contribution in [0.1, 0.15) is 26.3 Å². The lowest BCUT2D eigenvalue weighted by Gasteiger charge is -2.08. The van der Waals surface area contributed by atoms with Crippen molar-refractivity contribution in [1.82, 2.24) is 5.43 Å². The predicted molar refractivity (Wildman–Crippen MR) is 93.7 cm³/mol. The minimum Gasteiger partial charge on any atom is -0.508 e. The van der Waals surface area contributed by atoms with Gasteiger partial charge in [0.1, 0.15) is 5.75 Å². The molecule has 0 aliphatic rings. The van der Waals surface area contributed by atoms with Crippen LogP contribution in [0.15, 0.2) is 48.5 Å². The highest BCUT2D eigenvalue weighted by atomic mass is 16.7. The molecule has 0 spiro atoms. The van der Waals surface area contributed by atoms with Crippen molar-refractivity contribution in [3.63, 3.8) is 0 Å². The highest BCUT2D eigenvalue weighted by Crippen LogP contribution is 2.11. The number of carboxylic acids is 3. The molecule has 2 rings (SSSR count). The fraction of sp³-hybridized carbons (Fsp3) is 0.118. The van der Waals surface area contributed by atoms with Crippen molar-refractivity contribution >= 4 is 17.9 Å². The van der Waals surface area contributed by atoms with Crippen molar-refractivity contribution in [3.8, 4) is 5.75 Å². The summed E-state index contributed by atoms with van der Waals surface area (Å²) >= 11 is 0. The van der Waals surface area contributed by atoms with Crippen molar-refractivity contribution in [2.24, 2.45) is 0 Å². The minimum atomic E-state index is -1.30. The smallest absolute Gasteiger partial charge is 0.336 e. The molecule has 11 heteroatoms. The molecular weight excluding hydrogens is 376 g/mol. The van der Waals surface area contributed by atoms with Gasteiger partial charge in [0.05, 0.1) is 11.1 Å². The van der Waals surface area contributed by atoms with Gasteiger partial charge < -0.3 is 20.4 Å². The standard InChI is InChI=1S/C9H10N2O5.C8H6O4/c12-7-3-1-6(2-4-7)5-8(9(13)14)10-11(15)16;9-7(10)5-3-1-2-4-6(5)8(11)12/h1-4,8,10,12H,5H2,(H,13,14);1-4H,(H,9,10)(H,11,12)/t8-;/m0./s1. The number of carboxylic acid groups (broad SMARTS) is 3. The number of aromatic hydroxyl groups is 1. The van der Waals surface area contributed by atoms with Crippen molar-refractivity contribution in [1.29, 1.82) is 0 Å². The number of aliphatic carboxylic acids is 1. The fourth-order valence-electron chi connectivity index (χ4n) is 2.04. The number of nitrogens with zero attached hydrogens (tertiary/aromatic N) is 1. The largest absolute Gasteiger partial charge is 0.508 e. The number of phenols is 1. The molecule has 11 nitrogen and oxygen atoms in total. The molecule has 0 fully saturated rings. The van der Waals surface area contributed by atoms with Gasteiger partial charge in [-0.3, -0.25) is 0 Å². The summed E-state index contributed by atoms with van der Waals surface area (Å²) in [6.07, 6.45) is -0.0312. The molecule has 0 unspecified atom stereocenters. The lowest BCUT2D eigenvalue weighted by Crippen LogP contribution is -2.41. The average Bonchev–Trinajstić information content (AvgIpc) is 2.63. The second-order valence-corrected chi connectivity index (χ2v) is 5.30. The molecule has 0 amide bonds. The van der Waals surface area contributed by atoms with Crippen molar-refractivity contribution in [2.45, 2.75) is 12.5 Å². The van der Waals surface area contributed by atoms with Gasteiger partial charge in [-0.05, 0) is 29.8 Å². The van der Waals surface area contributed by atoms with Crippen LogP contribution in [0.2, 0.25) is 0 Å². The molecule has 0 aromatic heterocycles. The topological polar surface area (TPSA) is 187 Å². The Morgan fingerprint density at radius 3 is 1.75 bits per heavy atom. The maximum Gasteiger partial charge on any atom is 0.336 e. The van der Waals surface area contributed by atoms with Gasteiger partial charge in [0.15, 0.2) is 11.1 Å². The van der Waals surface area contributed by atoms with Crippen molar-refractivity contribution in [3.05, 3.63) is 75.3 Å². The highest BCUT2D eigenvalue weighted by molar-refractivity contribution is 6.01. The van der Waals surface area contributed by atoms with E-state index in [-0.39, 0.29) is 23.3 Å². The van der Waals surface area contributed by atoms with Gasteiger partial charge >= 0.3 is 17.9 Å². The molecule has 0 aliphatic heterocycles. The zero-order valence-electron chi connectivity index (χ0n) is 14.2. The van der Waals surface area contributed by atoms with Crippen LogP contribution in [0.4, 0.5) is 0 Å². The second kappa shape index (κ2) is 10.1. The van der Waals surface area contributed by atoms with Crippen molar-refractivity contribution in [2.75, 3.05) is 0 Å². The van der Waals surface area contributed by atoms with E-state index in [2.05, 4.69) is 0 Å². The van der Waals surface area contributed by atoms with E-state index in [1.54, 1.807) is 5.43 Å². The minimum absolute atomic E-state index is 0.0312. The number of hydrogen-bond donors (Lipinski definition) is 5. The number of benzene rings is 2. The van der Waals surface area contributed by atoms with Crippen LogP contribution in [0.5, 0.6) is 5.75 Å². The summed E-state index contributed by atoms with van der Waals surface area (Å²) in [4.78, 5) is 41.8. The zero-order chi connectivity index (χ0) is 21.3. The molecule has 0 saturated heterocycles. The summed E-state index contributed by atoms with van der Waals surface area (Å²) in [7, 11) is 0. The summed E-state index contributed by atoms with van der Waals surface area (Å²) in [6, 6.07) is 9.98. The molecule has 0 radical (unpaired) electrons. The van der Waals surface area contributed by atoms with E-state index >= 15 is 0 Å². The molecule has 5 N–H and O–H groups in total. The first-order valence-electron chi connectivity index (χ1n) is 7.58. The summed E-state index contributed by atoms with van der Waals surface area (Å²) in [5, 5.41) is 44.1. The number of carbonyl (C=O) groups is 3. The van der Waals surface area contributed by atoms with Gasteiger partial charge in [-0.2, -0.15) is 0 Å². The summed E-state index contributed by atoms with van der Waals surface area (Å²) in [5.74, 6) is -3.70. The van der Waals surface area contributed by atoms with Gasteiger partial charge in [-0.25, -0.2) is 24.5 Å². The van der Waals surface area contributed by atoms with Crippen LogP contribution in [-0.4, -0.2) is 49.4 Å². The van der Waals surface area contributed by atoms with Gasteiger partial charge in [0.25, 0.3) is 0 Å². The molecule has 1 atom stereocenters. The first-order chi connectivity index (χ1) is 13.1. The van der Waals surface area contributed by atoms with Crippen LogP contribution >= 0.6 is 0 Å². The maximum absolute atomic E-state index is 10.7. The van der Waals surface area contributed by atoms with Crippen LogP contribution in [0.3, 0.4) is 0 Å². The Labute approximate surface area is 157 Å². The Hall–Kier alpha value is -4.15. The quantitative estimate of drug-likeness (QED) is 0.339. The zero-order valence-corrected chi connectivity index (χ0v) is 14.2. The number of aromatic carboxylic acids is 2. The molecule has 0 saturated carbocycles. The van der Waals surface area contributed by atoms with E-state index in [0.717, 1.165) is 0 Å². The summed E-state index contributed by atoms with van der Waals surface area (Å²) in [5.41, 5.74) is 1.91. The van der Waals surface area contributed by atoms with Crippen molar-refractivity contribution < 1.29 is 39.8 Å². The van der Waals surface area contributed by atoms with E-state index in [0.29, 0.717) is 5.56 Å². The molecule has 2 aromatic rings. The Kier molecular flexibility index (Phi) is 7.90. The Balaban J connectivity index is 0.000000292. The lowest BCUT2D eigenvalue weighted by atomic mass is 10.1. The number of rotatable bonds is 7. The second-order valence-electron chi connectivity index (χ2n) is 5.30. The monoisotopic (exact) mass is 392 g/mol. The van der Waals surface area contributed by atoms with Crippen LogP contribution in [-0.2, 0) is 11.2 Å². The SMILES string of the molecule is O=C(O)[C@H](Cc1ccc(O)cc1)N[N+](=O)[O-].O=C(O)c1ccccc1C(=O)O. The third-order valence-electron chi connectivity index (χ3n) is 3.32. The number of nitro groups is 1. The van der Waals surface area contributed by atoms with E-state index in [4.69, 9.17) is 20.4 Å². The molecule has 148 valence electrons. The summed E-state index contributed by atoms with van der Waals surface area (Å²) < 4.78 is 0. The fourth-order valence-corrected chi connectivity index (χ4v) is 2.04. The van der Waals surface area contributed by atoms with Gasteiger partial charge in [-0.1, -0.05) is 24.3 Å². The van der Waals surface area contributed by atoms with Crippen LogP contribution in [0, 0.1) is 10.1 Å². The van der Waals surface area contributed by atoms with Gasteiger partial charge in [-0.15, -0.1) is 5.43 Å². The lowest BCUT2D eigenvalue weighted by molar-refractivity contribution is -0.548. The number of hydrazine groups is 1. The molecule has 0 bridgehead atoms. The van der Waals surface area contributed by atoms with E-state index < -0.39 is 29.0 Å². The maximum atomic E-state index is 10.7. The van der Waals surface area contributed by atoms with Crippen LogP contribution < -0.4 is 5.43 Å². The van der Waals surface area contributed by atoms with E-state index in [9.17, 15) is 24.5 Å². The molecule has 0 heterocycles. The first kappa shape index (κ1) is 21.9.